The third-order valence-electron chi connectivity index (χ3n) is 4.08. The zero-order valence-corrected chi connectivity index (χ0v) is 12.1. The Balaban J connectivity index is 1.66. The number of aromatic nitrogens is 1. The van der Waals surface area contributed by atoms with Gasteiger partial charge in [0.05, 0.1) is 17.6 Å². The number of amides is 1. The van der Waals surface area contributed by atoms with Crippen LogP contribution >= 0.6 is 0 Å². The number of nitrogens with zero attached hydrogens (tertiary/aromatic N) is 1. The zero-order valence-electron chi connectivity index (χ0n) is 12.1. The Morgan fingerprint density at radius 2 is 2.00 bits per heavy atom. The van der Waals surface area contributed by atoms with Crippen molar-refractivity contribution in [1.29, 1.82) is 0 Å². The highest BCUT2D eigenvalue weighted by atomic mass is 16.1. The van der Waals surface area contributed by atoms with Crippen molar-refractivity contribution >= 4 is 22.5 Å². The normalized spacial score (nSPS) is 16.0. The number of carbonyl (C=O) groups excluding carboxylic acids is 1. The summed E-state index contributed by atoms with van der Waals surface area (Å²) in [4.78, 5) is 16.6. The number of nitrogen functional groups attached to an aromatic ring is 1. The minimum atomic E-state index is 0.0733. The molecular formula is C17H21N3O. The Morgan fingerprint density at radius 3 is 2.81 bits per heavy atom. The summed E-state index contributed by atoms with van der Waals surface area (Å²) in [6, 6.07) is 9.86. The van der Waals surface area contributed by atoms with E-state index in [1.165, 1.54) is 19.3 Å². The van der Waals surface area contributed by atoms with Crippen molar-refractivity contribution in [2.75, 3.05) is 5.73 Å². The third-order valence-corrected chi connectivity index (χ3v) is 4.08. The van der Waals surface area contributed by atoms with Gasteiger partial charge < -0.3 is 11.1 Å². The van der Waals surface area contributed by atoms with Gasteiger partial charge in [-0.3, -0.25) is 9.78 Å². The van der Waals surface area contributed by atoms with E-state index in [0.717, 1.165) is 35.1 Å². The maximum Gasteiger partial charge on any atom is 0.226 e. The second-order valence-corrected chi connectivity index (χ2v) is 5.83. The maximum absolute atomic E-state index is 12.1. The molecule has 1 saturated carbocycles. The van der Waals surface area contributed by atoms with Crippen LogP contribution in [0.2, 0.25) is 0 Å². The highest BCUT2D eigenvalue weighted by Crippen LogP contribution is 2.18. The topological polar surface area (TPSA) is 68.0 Å². The molecule has 1 aliphatic carbocycles. The lowest BCUT2D eigenvalue weighted by Crippen LogP contribution is -2.37. The first-order valence-electron chi connectivity index (χ1n) is 7.65. The summed E-state index contributed by atoms with van der Waals surface area (Å²) in [6.45, 7) is 0. The van der Waals surface area contributed by atoms with E-state index in [4.69, 9.17) is 5.73 Å². The number of hydrogen-bond donors (Lipinski definition) is 2. The molecule has 0 saturated heterocycles. The van der Waals surface area contributed by atoms with Crippen molar-refractivity contribution < 1.29 is 4.79 Å². The van der Waals surface area contributed by atoms with Crippen molar-refractivity contribution in [3.8, 4) is 0 Å². The molecule has 110 valence electrons. The van der Waals surface area contributed by atoms with Gasteiger partial charge in [0.15, 0.2) is 0 Å². The van der Waals surface area contributed by atoms with Gasteiger partial charge in [0.25, 0.3) is 0 Å². The Morgan fingerprint density at radius 1 is 1.19 bits per heavy atom. The molecular weight excluding hydrogens is 262 g/mol. The summed E-state index contributed by atoms with van der Waals surface area (Å²) in [5.41, 5.74) is 8.17. The molecule has 0 unspecified atom stereocenters. The Bertz CT molecular complexity index is 648. The highest BCUT2D eigenvalue weighted by molar-refractivity contribution is 5.83. The van der Waals surface area contributed by atoms with E-state index in [2.05, 4.69) is 10.3 Å². The van der Waals surface area contributed by atoms with Crippen LogP contribution < -0.4 is 11.1 Å². The molecule has 0 bridgehead atoms. The maximum atomic E-state index is 12.1. The van der Waals surface area contributed by atoms with E-state index in [0.29, 0.717) is 12.5 Å². The quantitative estimate of drug-likeness (QED) is 0.851. The summed E-state index contributed by atoms with van der Waals surface area (Å²) in [7, 11) is 0. The Hall–Kier alpha value is -2.10. The molecule has 4 nitrogen and oxygen atoms in total. The fourth-order valence-electron chi connectivity index (χ4n) is 2.97. The predicted molar refractivity (Wildman–Crippen MR) is 84.9 cm³/mol. The second-order valence-electron chi connectivity index (χ2n) is 5.83. The first kappa shape index (κ1) is 13.9. The van der Waals surface area contributed by atoms with E-state index < -0.39 is 0 Å². The van der Waals surface area contributed by atoms with Crippen LogP contribution in [0.3, 0.4) is 0 Å². The number of hydrogen-bond acceptors (Lipinski definition) is 3. The van der Waals surface area contributed by atoms with Crippen LogP contribution in [0, 0.1) is 0 Å². The van der Waals surface area contributed by atoms with Gasteiger partial charge in [-0.2, -0.15) is 0 Å². The lowest BCUT2D eigenvalue weighted by atomic mass is 9.95. The van der Waals surface area contributed by atoms with Crippen molar-refractivity contribution in [1.82, 2.24) is 10.3 Å². The van der Waals surface area contributed by atoms with E-state index in [1.54, 1.807) is 0 Å². The van der Waals surface area contributed by atoms with Crippen LogP contribution in [0.15, 0.2) is 30.3 Å². The molecule has 1 fully saturated rings. The molecule has 21 heavy (non-hydrogen) atoms. The van der Waals surface area contributed by atoms with Crippen molar-refractivity contribution in [3.63, 3.8) is 0 Å². The average molecular weight is 283 g/mol. The minimum absolute atomic E-state index is 0.0733. The summed E-state index contributed by atoms with van der Waals surface area (Å²) in [6.07, 6.45) is 6.30. The average Bonchev–Trinajstić information content (AvgIpc) is 2.48. The van der Waals surface area contributed by atoms with Crippen LogP contribution in [0.4, 0.5) is 5.69 Å². The molecule has 0 atom stereocenters. The monoisotopic (exact) mass is 283 g/mol. The van der Waals surface area contributed by atoms with Crippen LogP contribution in [0.5, 0.6) is 0 Å². The molecule has 1 heterocycles. The van der Waals surface area contributed by atoms with Crippen molar-refractivity contribution in [3.05, 3.63) is 36.0 Å². The SMILES string of the molecule is Nc1ccc2nc(CC(=O)NC3CCCCC3)ccc2c1. The van der Waals surface area contributed by atoms with Gasteiger partial charge in [-0.25, -0.2) is 0 Å². The molecule has 1 aromatic carbocycles. The predicted octanol–water partition coefficient (Wildman–Crippen LogP) is 2.81. The molecule has 1 aliphatic rings. The highest BCUT2D eigenvalue weighted by Gasteiger charge is 2.16. The molecule has 1 amide bonds. The number of nitrogens with one attached hydrogen (secondary N) is 1. The molecule has 0 spiro atoms. The van der Waals surface area contributed by atoms with E-state index in [-0.39, 0.29) is 5.91 Å². The van der Waals surface area contributed by atoms with Crippen LogP contribution in [0.1, 0.15) is 37.8 Å². The molecule has 4 heteroatoms. The Kier molecular flexibility index (Phi) is 4.04. The van der Waals surface area contributed by atoms with Crippen molar-refractivity contribution in [2.45, 2.75) is 44.6 Å². The third kappa shape index (κ3) is 3.51. The van der Waals surface area contributed by atoms with E-state index in [1.807, 2.05) is 30.3 Å². The standard InChI is InChI=1S/C17H21N3O/c18-13-7-9-16-12(10-13)6-8-15(19-16)11-17(21)20-14-4-2-1-3-5-14/h6-10,14H,1-5,11,18H2,(H,20,21). The van der Waals surface area contributed by atoms with Gasteiger partial charge in [-0.1, -0.05) is 25.3 Å². The minimum Gasteiger partial charge on any atom is -0.399 e. The first-order valence-corrected chi connectivity index (χ1v) is 7.65. The van der Waals surface area contributed by atoms with Crippen LogP contribution in [-0.4, -0.2) is 16.9 Å². The number of pyridine rings is 1. The fraction of sp³-hybridized carbons (Fsp3) is 0.412. The summed E-state index contributed by atoms with van der Waals surface area (Å²) in [5, 5.41) is 4.13. The lowest BCUT2D eigenvalue weighted by Gasteiger charge is -2.22. The van der Waals surface area contributed by atoms with E-state index >= 15 is 0 Å². The van der Waals surface area contributed by atoms with E-state index in [9.17, 15) is 4.79 Å². The second kappa shape index (κ2) is 6.12. The van der Waals surface area contributed by atoms with Gasteiger partial charge in [0.2, 0.25) is 5.91 Å². The summed E-state index contributed by atoms with van der Waals surface area (Å²) in [5.74, 6) is 0.0733. The number of anilines is 1. The molecule has 3 rings (SSSR count). The number of fused-ring (bicyclic) bond motifs is 1. The van der Waals surface area contributed by atoms with Crippen LogP contribution in [0.25, 0.3) is 10.9 Å². The largest absolute Gasteiger partial charge is 0.399 e. The van der Waals surface area contributed by atoms with Gasteiger partial charge in [0, 0.05) is 17.1 Å². The molecule has 2 aromatic rings. The molecule has 0 radical (unpaired) electrons. The summed E-state index contributed by atoms with van der Waals surface area (Å²) >= 11 is 0. The van der Waals surface area contributed by atoms with Gasteiger partial charge >= 0.3 is 0 Å². The smallest absolute Gasteiger partial charge is 0.226 e. The lowest BCUT2D eigenvalue weighted by molar-refractivity contribution is -0.121. The summed E-state index contributed by atoms with van der Waals surface area (Å²) < 4.78 is 0. The molecule has 1 aromatic heterocycles. The Labute approximate surface area is 124 Å². The molecule has 3 N–H and O–H groups in total. The zero-order chi connectivity index (χ0) is 14.7. The van der Waals surface area contributed by atoms with Gasteiger partial charge in [0.1, 0.15) is 0 Å². The van der Waals surface area contributed by atoms with Crippen LogP contribution in [-0.2, 0) is 11.2 Å². The number of carbonyl (C=O) groups is 1. The number of rotatable bonds is 3. The van der Waals surface area contributed by atoms with Crippen molar-refractivity contribution in [2.24, 2.45) is 0 Å². The first-order chi connectivity index (χ1) is 10.2. The number of benzene rings is 1. The fourth-order valence-corrected chi connectivity index (χ4v) is 2.97. The van der Waals surface area contributed by atoms with Gasteiger partial charge in [-0.05, 0) is 37.1 Å². The molecule has 0 aliphatic heterocycles. The number of nitrogens with two attached hydrogens (primary N) is 1. The van der Waals surface area contributed by atoms with Gasteiger partial charge in [-0.15, -0.1) is 0 Å².